The minimum atomic E-state index is -0.714. The zero-order chi connectivity index (χ0) is 25.8. The third-order valence-corrected chi connectivity index (χ3v) is 6.04. The highest BCUT2D eigenvalue weighted by atomic mass is 35.5. The van der Waals surface area contributed by atoms with Crippen LogP contribution in [0.2, 0.25) is 5.02 Å². The van der Waals surface area contributed by atoms with Gasteiger partial charge in [0.1, 0.15) is 6.04 Å². The van der Waals surface area contributed by atoms with Crippen molar-refractivity contribution in [1.82, 2.24) is 10.2 Å². The summed E-state index contributed by atoms with van der Waals surface area (Å²) in [5.41, 5.74) is 1.83. The summed E-state index contributed by atoms with van der Waals surface area (Å²) >= 11 is 6.07. The minimum absolute atomic E-state index is 0.188. The topological polar surface area (TPSA) is 67.9 Å². The lowest BCUT2D eigenvalue weighted by molar-refractivity contribution is -0.142. The molecule has 1 atom stereocenters. The molecule has 1 unspecified atom stereocenters. The van der Waals surface area contributed by atoms with E-state index in [2.05, 4.69) is 12.2 Å². The Morgan fingerprint density at radius 2 is 1.58 bits per heavy atom. The first-order valence-corrected chi connectivity index (χ1v) is 12.5. The van der Waals surface area contributed by atoms with Gasteiger partial charge in [-0.15, -0.1) is 0 Å². The van der Waals surface area contributed by atoms with Gasteiger partial charge in [0, 0.05) is 24.5 Å². The molecule has 3 rings (SSSR count). The van der Waals surface area contributed by atoms with E-state index in [9.17, 15) is 9.59 Å². The fraction of sp³-hybridized carbons (Fsp3) is 0.310. The standard InChI is InChI=1S/C29H33ClN2O4/c1-3-4-18-31-29(34)25(19-22-10-6-5-7-11-22)32(20-23-14-16-24(30)17-15-23)28(33)21-36-27-13-9-8-12-26(27)35-2/h5-17,25H,3-4,18-21H2,1-2H3,(H,31,34). The number of unbranched alkanes of at least 4 members (excludes halogenated alkanes) is 1. The van der Waals surface area contributed by atoms with Crippen molar-refractivity contribution in [2.24, 2.45) is 0 Å². The van der Waals surface area contributed by atoms with Gasteiger partial charge in [-0.25, -0.2) is 0 Å². The maximum absolute atomic E-state index is 13.6. The van der Waals surface area contributed by atoms with Crippen molar-refractivity contribution in [3.8, 4) is 11.5 Å². The predicted molar refractivity (Wildman–Crippen MR) is 142 cm³/mol. The predicted octanol–water partition coefficient (Wildman–Crippen LogP) is 5.28. The Morgan fingerprint density at radius 3 is 2.25 bits per heavy atom. The van der Waals surface area contributed by atoms with Gasteiger partial charge in [0.15, 0.2) is 18.1 Å². The summed E-state index contributed by atoms with van der Waals surface area (Å²) in [6, 6.07) is 23.4. The van der Waals surface area contributed by atoms with Crippen LogP contribution in [0.25, 0.3) is 0 Å². The Kier molecular flexibility index (Phi) is 10.6. The number of hydrogen-bond acceptors (Lipinski definition) is 4. The molecule has 6 nitrogen and oxygen atoms in total. The normalized spacial score (nSPS) is 11.4. The van der Waals surface area contributed by atoms with Gasteiger partial charge < -0.3 is 19.7 Å². The number of nitrogens with zero attached hydrogens (tertiary/aromatic N) is 1. The molecule has 7 heteroatoms. The van der Waals surface area contributed by atoms with Crippen LogP contribution in [-0.2, 0) is 22.6 Å². The van der Waals surface area contributed by atoms with Gasteiger partial charge in [-0.3, -0.25) is 9.59 Å². The van der Waals surface area contributed by atoms with Crippen LogP contribution < -0.4 is 14.8 Å². The smallest absolute Gasteiger partial charge is 0.261 e. The van der Waals surface area contributed by atoms with Gasteiger partial charge in [0.05, 0.1) is 7.11 Å². The van der Waals surface area contributed by atoms with E-state index >= 15 is 0 Å². The molecule has 0 heterocycles. The highest BCUT2D eigenvalue weighted by molar-refractivity contribution is 6.30. The maximum Gasteiger partial charge on any atom is 0.261 e. The molecule has 0 saturated heterocycles. The molecule has 3 aromatic rings. The molecule has 3 aromatic carbocycles. The molecule has 0 spiro atoms. The summed E-state index contributed by atoms with van der Waals surface area (Å²) in [7, 11) is 1.55. The molecular weight excluding hydrogens is 476 g/mol. The van der Waals surface area contributed by atoms with Gasteiger partial charge in [-0.05, 0) is 41.8 Å². The first-order valence-electron chi connectivity index (χ1n) is 12.1. The van der Waals surface area contributed by atoms with Crippen molar-refractivity contribution in [3.63, 3.8) is 0 Å². The van der Waals surface area contributed by atoms with Crippen molar-refractivity contribution in [1.29, 1.82) is 0 Å². The fourth-order valence-corrected chi connectivity index (χ4v) is 3.93. The second-order valence-corrected chi connectivity index (χ2v) is 8.87. The Balaban J connectivity index is 1.89. The number of amides is 2. The van der Waals surface area contributed by atoms with E-state index in [-0.39, 0.29) is 25.0 Å². The molecule has 0 fully saturated rings. The molecule has 0 saturated carbocycles. The quantitative estimate of drug-likeness (QED) is 0.319. The average molecular weight is 509 g/mol. The second kappa shape index (κ2) is 14.1. The van der Waals surface area contributed by atoms with E-state index in [0.29, 0.717) is 29.5 Å². The van der Waals surface area contributed by atoms with Gasteiger partial charge in [0.25, 0.3) is 5.91 Å². The third kappa shape index (κ3) is 8.02. The lowest BCUT2D eigenvalue weighted by Gasteiger charge is -2.31. The van der Waals surface area contributed by atoms with E-state index in [4.69, 9.17) is 21.1 Å². The molecule has 0 aromatic heterocycles. The van der Waals surface area contributed by atoms with Gasteiger partial charge >= 0.3 is 0 Å². The highest BCUT2D eigenvalue weighted by Crippen LogP contribution is 2.26. The lowest BCUT2D eigenvalue weighted by Crippen LogP contribution is -2.51. The van der Waals surface area contributed by atoms with Crippen molar-refractivity contribution in [2.45, 2.75) is 38.8 Å². The molecule has 0 aliphatic heterocycles. The summed E-state index contributed by atoms with van der Waals surface area (Å²) in [5.74, 6) is 0.508. The van der Waals surface area contributed by atoms with E-state index in [1.54, 1.807) is 36.3 Å². The van der Waals surface area contributed by atoms with Crippen molar-refractivity contribution >= 4 is 23.4 Å². The third-order valence-electron chi connectivity index (χ3n) is 5.79. The van der Waals surface area contributed by atoms with E-state index < -0.39 is 6.04 Å². The molecule has 0 aliphatic carbocycles. The second-order valence-electron chi connectivity index (χ2n) is 8.44. The summed E-state index contributed by atoms with van der Waals surface area (Å²) in [6.07, 6.45) is 2.21. The summed E-state index contributed by atoms with van der Waals surface area (Å²) in [5, 5.41) is 3.62. The monoisotopic (exact) mass is 508 g/mol. The molecule has 190 valence electrons. The molecule has 0 radical (unpaired) electrons. The van der Waals surface area contributed by atoms with Gasteiger partial charge in [-0.2, -0.15) is 0 Å². The zero-order valence-electron chi connectivity index (χ0n) is 20.8. The van der Waals surface area contributed by atoms with Gasteiger partial charge in [0.2, 0.25) is 5.91 Å². The summed E-state index contributed by atoms with van der Waals surface area (Å²) in [6.45, 7) is 2.63. The van der Waals surface area contributed by atoms with Crippen LogP contribution in [-0.4, -0.2) is 43.0 Å². The number of benzene rings is 3. The molecule has 1 N–H and O–H groups in total. The van der Waals surface area contributed by atoms with Crippen LogP contribution in [0.4, 0.5) is 0 Å². The van der Waals surface area contributed by atoms with Crippen molar-refractivity contribution < 1.29 is 19.1 Å². The fourth-order valence-electron chi connectivity index (χ4n) is 3.81. The molecular formula is C29H33ClN2O4. The van der Waals surface area contributed by atoms with Crippen LogP contribution in [0.15, 0.2) is 78.9 Å². The van der Waals surface area contributed by atoms with E-state index in [1.165, 1.54) is 0 Å². The van der Waals surface area contributed by atoms with E-state index in [0.717, 1.165) is 24.0 Å². The number of ether oxygens (including phenoxy) is 2. The number of carbonyl (C=O) groups excluding carboxylic acids is 2. The number of para-hydroxylation sites is 2. The van der Waals surface area contributed by atoms with Crippen LogP contribution in [0.1, 0.15) is 30.9 Å². The minimum Gasteiger partial charge on any atom is -0.493 e. The number of hydrogen-bond donors (Lipinski definition) is 1. The first kappa shape index (κ1) is 27.1. The number of methoxy groups -OCH3 is 1. The van der Waals surface area contributed by atoms with Crippen molar-refractivity contribution in [2.75, 3.05) is 20.3 Å². The number of rotatable bonds is 13. The van der Waals surface area contributed by atoms with Gasteiger partial charge in [-0.1, -0.05) is 79.5 Å². The van der Waals surface area contributed by atoms with Crippen LogP contribution in [0.3, 0.4) is 0 Å². The Morgan fingerprint density at radius 1 is 0.917 bits per heavy atom. The Bertz CT molecular complexity index is 1110. The largest absolute Gasteiger partial charge is 0.493 e. The SMILES string of the molecule is CCCCNC(=O)C(Cc1ccccc1)N(Cc1ccc(Cl)cc1)C(=O)COc1ccccc1OC. The Labute approximate surface area is 218 Å². The molecule has 36 heavy (non-hydrogen) atoms. The number of nitrogens with one attached hydrogen (secondary N) is 1. The molecule has 0 aliphatic rings. The maximum atomic E-state index is 13.6. The Hall–Kier alpha value is -3.51. The highest BCUT2D eigenvalue weighted by Gasteiger charge is 2.30. The number of carbonyl (C=O) groups is 2. The van der Waals surface area contributed by atoms with Crippen LogP contribution in [0, 0.1) is 0 Å². The number of halogens is 1. The molecule has 2 amide bonds. The summed E-state index contributed by atoms with van der Waals surface area (Å²) in [4.78, 5) is 28.6. The molecule has 0 bridgehead atoms. The average Bonchev–Trinajstić information content (AvgIpc) is 2.91. The van der Waals surface area contributed by atoms with Crippen LogP contribution in [0.5, 0.6) is 11.5 Å². The summed E-state index contributed by atoms with van der Waals surface area (Å²) < 4.78 is 11.2. The van der Waals surface area contributed by atoms with E-state index in [1.807, 2.05) is 54.6 Å². The van der Waals surface area contributed by atoms with Crippen LogP contribution >= 0.6 is 11.6 Å². The lowest BCUT2D eigenvalue weighted by atomic mass is 10.0. The zero-order valence-corrected chi connectivity index (χ0v) is 21.5. The first-order chi connectivity index (χ1) is 17.5. The van der Waals surface area contributed by atoms with Crippen molar-refractivity contribution in [3.05, 3.63) is 95.0 Å².